The van der Waals surface area contributed by atoms with E-state index in [1.807, 2.05) is 0 Å². The van der Waals surface area contributed by atoms with Crippen LogP contribution in [0.4, 0.5) is 0 Å². The molecule has 0 N–H and O–H groups in total. The van der Waals surface area contributed by atoms with E-state index in [-0.39, 0.29) is 0 Å². The number of hydrogen-bond acceptors (Lipinski definition) is 6. The first kappa shape index (κ1) is 29.1. The Morgan fingerprint density at radius 3 is 1.11 bits per heavy atom. The van der Waals surface area contributed by atoms with Gasteiger partial charge in [0.05, 0.1) is 0 Å². The van der Waals surface area contributed by atoms with Crippen LogP contribution in [0, 0.1) is 17.8 Å². The van der Waals surface area contributed by atoms with Crippen molar-refractivity contribution < 1.29 is 26.6 Å². The highest BCUT2D eigenvalue weighted by Crippen LogP contribution is 2.19. The van der Waals surface area contributed by atoms with Crippen molar-refractivity contribution in [3.8, 4) is 0 Å². The van der Waals surface area contributed by atoms with E-state index in [9.17, 15) is 0 Å². The van der Waals surface area contributed by atoms with Crippen molar-refractivity contribution >= 4 is 17.6 Å². The molecular formula is C19H44O6Si2. The van der Waals surface area contributed by atoms with Gasteiger partial charge in [0, 0.05) is 47.2 Å². The first-order chi connectivity index (χ1) is 12.6. The van der Waals surface area contributed by atoms with Crippen LogP contribution in [0.2, 0.25) is 6.04 Å². The standard InChI is InChI=1S/C14H32O3Si.C5H12O3Si/c1-8-18(15-9-12(2)3,16-10-13(4)5)17-11-14(6)7;1-5-9(6-2,7-3)8-4/h12-14H,8-11H2,1-7H3;5H,1H2,2-4H3. The summed E-state index contributed by atoms with van der Waals surface area (Å²) in [5.41, 5.74) is 1.58. The molecule has 0 unspecified atom stereocenters. The zero-order chi connectivity index (χ0) is 21.5. The normalized spacial score (nSPS) is 12.5. The van der Waals surface area contributed by atoms with E-state index >= 15 is 0 Å². The van der Waals surface area contributed by atoms with E-state index < -0.39 is 17.6 Å². The smallest absolute Gasteiger partial charge is 0.374 e. The molecule has 0 heterocycles. The second kappa shape index (κ2) is 15.8. The second-order valence-electron chi connectivity index (χ2n) is 7.57. The SMILES string of the molecule is C=C[Si](OC)(OC)OC.CC[Si](OCC(C)C)(OCC(C)C)OCC(C)C. The summed E-state index contributed by atoms with van der Waals surface area (Å²) in [6.45, 7) is 20.7. The Balaban J connectivity index is 0. The van der Waals surface area contributed by atoms with Gasteiger partial charge in [0.1, 0.15) is 0 Å². The first-order valence-corrected chi connectivity index (χ1v) is 13.5. The fourth-order valence-electron chi connectivity index (χ4n) is 1.81. The Morgan fingerprint density at radius 2 is 1.00 bits per heavy atom. The Hall–Kier alpha value is -0.0662. The zero-order valence-electron chi connectivity index (χ0n) is 19.3. The molecule has 0 bridgehead atoms. The summed E-state index contributed by atoms with van der Waals surface area (Å²) >= 11 is 0. The van der Waals surface area contributed by atoms with Gasteiger partial charge in [-0.2, -0.15) is 0 Å². The van der Waals surface area contributed by atoms with Crippen LogP contribution in [0.25, 0.3) is 0 Å². The van der Waals surface area contributed by atoms with Gasteiger partial charge in [0.25, 0.3) is 0 Å². The van der Waals surface area contributed by atoms with Gasteiger partial charge in [-0.05, 0) is 23.5 Å². The molecule has 0 aromatic rings. The van der Waals surface area contributed by atoms with Gasteiger partial charge in [0.15, 0.2) is 0 Å². The lowest BCUT2D eigenvalue weighted by Crippen LogP contribution is -2.47. The third kappa shape index (κ3) is 13.7. The summed E-state index contributed by atoms with van der Waals surface area (Å²) in [6.07, 6.45) is 0. The van der Waals surface area contributed by atoms with Crippen LogP contribution in [0.1, 0.15) is 48.5 Å². The predicted octanol–water partition coefficient (Wildman–Crippen LogP) is 4.55. The molecule has 0 saturated heterocycles. The summed E-state index contributed by atoms with van der Waals surface area (Å²) in [6, 6.07) is 0.846. The van der Waals surface area contributed by atoms with Crippen molar-refractivity contribution in [1.29, 1.82) is 0 Å². The first-order valence-electron chi connectivity index (χ1n) is 9.76. The highest BCUT2D eigenvalue weighted by Gasteiger charge is 2.39. The van der Waals surface area contributed by atoms with Gasteiger partial charge in [0.2, 0.25) is 0 Å². The molecule has 0 spiro atoms. The summed E-state index contributed by atoms with van der Waals surface area (Å²) in [4.78, 5) is 0. The third-order valence-corrected chi connectivity index (χ3v) is 8.34. The van der Waals surface area contributed by atoms with Crippen LogP contribution < -0.4 is 0 Å². The van der Waals surface area contributed by atoms with E-state index in [0.717, 1.165) is 25.9 Å². The molecule has 0 rings (SSSR count). The molecule has 27 heavy (non-hydrogen) atoms. The van der Waals surface area contributed by atoms with Crippen molar-refractivity contribution in [2.24, 2.45) is 17.8 Å². The monoisotopic (exact) mass is 424 g/mol. The predicted molar refractivity (Wildman–Crippen MR) is 116 cm³/mol. The van der Waals surface area contributed by atoms with E-state index in [1.165, 1.54) is 0 Å². The molecule has 0 atom stereocenters. The molecule has 0 amide bonds. The lowest BCUT2D eigenvalue weighted by atomic mass is 10.2. The van der Waals surface area contributed by atoms with Crippen LogP contribution in [-0.4, -0.2) is 58.8 Å². The lowest BCUT2D eigenvalue weighted by Gasteiger charge is -2.31. The molecule has 0 aliphatic heterocycles. The van der Waals surface area contributed by atoms with Crippen molar-refractivity contribution in [1.82, 2.24) is 0 Å². The highest BCUT2D eigenvalue weighted by molar-refractivity contribution is 6.66. The quantitative estimate of drug-likeness (QED) is 0.381. The van der Waals surface area contributed by atoms with Crippen molar-refractivity contribution in [2.45, 2.75) is 54.5 Å². The largest absolute Gasteiger partial charge is 0.528 e. The Kier molecular flexibility index (Phi) is 17.1. The Labute approximate surface area is 170 Å². The van der Waals surface area contributed by atoms with Crippen molar-refractivity contribution in [3.63, 3.8) is 0 Å². The van der Waals surface area contributed by atoms with Crippen LogP contribution >= 0.6 is 0 Å². The molecule has 8 heteroatoms. The summed E-state index contributed by atoms with van der Waals surface area (Å²) < 4.78 is 33.0. The minimum atomic E-state index is -2.46. The molecule has 164 valence electrons. The topological polar surface area (TPSA) is 55.4 Å². The van der Waals surface area contributed by atoms with E-state index in [2.05, 4.69) is 55.0 Å². The number of rotatable bonds is 14. The average Bonchev–Trinajstić information content (AvgIpc) is 2.64. The molecule has 0 aliphatic carbocycles. The van der Waals surface area contributed by atoms with E-state index in [0.29, 0.717) is 17.8 Å². The molecular weight excluding hydrogens is 380 g/mol. The van der Waals surface area contributed by atoms with Gasteiger partial charge < -0.3 is 26.6 Å². The number of hydrogen-bond donors (Lipinski definition) is 0. The molecule has 0 radical (unpaired) electrons. The van der Waals surface area contributed by atoms with Gasteiger partial charge >= 0.3 is 17.6 Å². The van der Waals surface area contributed by atoms with Crippen LogP contribution in [0.5, 0.6) is 0 Å². The van der Waals surface area contributed by atoms with E-state index in [1.54, 1.807) is 27.0 Å². The van der Waals surface area contributed by atoms with Gasteiger partial charge in [-0.25, -0.2) is 0 Å². The van der Waals surface area contributed by atoms with Crippen molar-refractivity contribution in [2.75, 3.05) is 41.2 Å². The molecule has 0 aliphatic rings. The second-order valence-corrected chi connectivity index (χ2v) is 13.4. The van der Waals surface area contributed by atoms with Gasteiger partial charge in [-0.3, -0.25) is 0 Å². The summed E-state index contributed by atoms with van der Waals surface area (Å²) in [7, 11) is -0.258. The van der Waals surface area contributed by atoms with Crippen LogP contribution in [0.15, 0.2) is 12.3 Å². The summed E-state index contributed by atoms with van der Waals surface area (Å²) in [5, 5.41) is 0. The summed E-state index contributed by atoms with van der Waals surface area (Å²) in [5.74, 6) is 1.52. The third-order valence-electron chi connectivity index (χ3n) is 3.45. The lowest BCUT2D eigenvalue weighted by molar-refractivity contribution is 0.0378. The van der Waals surface area contributed by atoms with Crippen LogP contribution in [0.3, 0.4) is 0 Å². The maximum absolute atomic E-state index is 6.04. The van der Waals surface area contributed by atoms with Crippen LogP contribution in [-0.2, 0) is 26.6 Å². The highest BCUT2D eigenvalue weighted by atomic mass is 28.4. The maximum atomic E-state index is 6.04. The molecule has 0 fully saturated rings. The fourth-order valence-corrected chi connectivity index (χ4v) is 5.44. The zero-order valence-corrected chi connectivity index (χ0v) is 21.3. The average molecular weight is 425 g/mol. The Morgan fingerprint density at radius 1 is 0.704 bits per heavy atom. The van der Waals surface area contributed by atoms with Crippen molar-refractivity contribution in [3.05, 3.63) is 12.3 Å². The van der Waals surface area contributed by atoms with Gasteiger partial charge in [-0.15, -0.1) is 0 Å². The van der Waals surface area contributed by atoms with Gasteiger partial charge in [-0.1, -0.05) is 55.0 Å². The fraction of sp³-hybridized carbons (Fsp3) is 0.895. The molecule has 0 aromatic heterocycles. The minimum Gasteiger partial charge on any atom is -0.374 e. The molecule has 0 aromatic carbocycles. The minimum absolute atomic E-state index is 0.508. The maximum Gasteiger partial charge on any atom is 0.528 e. The van der Waals surface area contributed by atoms with E-state index in [4.69, 9.17) is 26.6 Å². The molecule has 0 saturated carbocycles. The Bertz CT molecular complexity index is 321. The molecule has 6 nitrogen and oxygen atoms in total.